The summed E-state index contributed by atoms with van der Waals surface area (Å²) < 4.78 is 37.0. The Bertz CT molecular complexity index is 2090. The average molecular weight is 613 g/mol. The van der Waals surface area contributed by atoms with Crippen molar-refractivity contribution in [3.63, 3.8) is 0 Å². The highest BCUT2D eigenvalue weighted by molar-refractivity contribution is 7.86. The summed E-state index contributed by atoms with van der Waals surface area (Å²) in [5.41, 5.74) is 5.95. The van der Waals surface area contributed by atoms with Crippen molar-refractivity contribution in [1.29, 1.82) is 0 Å². The molecule has 212 valence electrons. The summed E-state index contributed by atoms with van der Waals surface area (Å²) in [6, 6.07) is 24.4. The molecule has 1 N–H and O–H groups in total. The molecule has 0 bridgehead atoms. The summed E-state index contributed by atoms with van der Waals surface area (Å²) in [5, 5.41) is 4.42. The highest BCUT2D eigenvalue weighted by Gasteiger charge is 2.18. The molecule has 1 amide bonds. The van der Waals surface area contributed by atoms with Crippen molar-refractivity contribution in [2.24, 2.45) is 0 Å². The first-order valence-electron chi connectivity index (χ1n) is 13.2. The lowest BCUT2D eigenvalue weighted by molar-refractivity contribution is 0.102. The Hall–Kier alpha value is -3.96. The first-order chi connectivity index (χ1) is 19.9. The molecule has 10 heteroatoms. The summed E-state index contributed by atoms with van der Waals surface area (Å²) in [7, 11) is -4.63. The van der Waals surface area contributed by atoms with E-state index in [1.807, 2.05) is 66.7 Å². The molecule has 0 unspecified atom stereocenters. The van der Waals surface area contributed by atoms with Gasteiger partial charge >= 0.3 is 0 Å². The van der Waals surface area contributed by atoms with Gasteiger partial charge in [0.2, 0.25) is 0 Å². The van der Waals surface area contributed by atoms with Crippen LogP contribution in [-0.4, -0.2) is 28.8 Å². The molecule has 0 fully saturated rings. The molecule has 42 heavy (non-hydrogen) atoms. The number of fused-ring (bicyclic) bond motifs is 2. The van der Waals surface area contributed by atoms with Crippen LogP contribution in [0.4, 0.5) is 5.69 Å². The van der Waals surface area contributed by atoms with Crippen LogP contribution in [0, 0.1) is 6.92 Å². The maximum Gasteiger partial charge on any atom is 0.255 e. The maximum atomic E-state index is 12.8. The first kappa shape index (κ1) is 28.2. The Balaban J connectivity index is 1.23. The van der Waals surface area contributed by atoms with Crippen LogP contribution in [0.2, 0.25) is 0 Å². The highest BCUT2D eigenvalue weighted by Crippen LogP contribution is 2.38. The minimum absolute atomic E-state index is 0.0232. The predicted octanol–water partition coefficient (Wildman–Crippen LogP) is 8.00. The number of nitrogens with one attached hydrogen (secondary N) is 1. The van der Waals surface area contributed by atoms with Crippen LogP contribution in [0.1, 0.15) is 42.3 Å². The van der Waals surface area contributed by atoms with Gasteiger partial charge in [-0.05, 0) is 84.1 Å². The number of amides is 1. The second-order valence-corrected chi connectivity index (χ2v) is 14.4. The Kier molecular flexibility index (Phi) is 6.97. The number of aryl methyl sites for hydroxylation is 1. The number of benzene rings is 4. The number of hydrogen-bond acceptors (Lipinski definition) is 8. The molecule has 0 aliphatic heterocycles. The fourth-order valence-electron chi connectivity index (χ4n) is 4.70. The zero-order chi connectivity index (χ0) is 29.8. The molecular weight excluding hydrogens is 587 g/mol. The van der Waals surface area contributed by atoms with Gasteiger partial charge in [-0.3, -0.25) is 4.79 Å². The second-order valence-electron chi connectivity index (χ2n) is 11.1. The van der Waals surface area contributed by atoms with Gasteiger partial charge in [0, 0.05) is 22.4 Å². The Morgan fingerprint density at radius 1 is 0.810 bits per heavy atom. The van der Waals surface area contributed by atoms with Gasteiger partial charge in [-0.15, -0.1) is 22.7 Å². The van der Waals surface area contributed by atoms with Crippen LogP contribution < -0.4 is 5.32 Å². The van der Waals surface area contributed by atoms with Crippen molar-refractivity contribution in [1.82, 2.24) is 9.97 Å². The lowest BCUT2D eigenvalue weighted by atomic mass is 9.87. The second kappa shape index (κ2) is 10.4. The Morgan fingerprint density at radius 3 is 2.10 bits per heavy atom. The number of aromatic nitrogens is 2. The molecule has 0 saturated carbocycles. The highest BCUT2D eigenvalue weighted by atomic mass is 32.2. The molecule has 0 aliphatic carbocycles. The third-order valence-electron chi connectivity index (χ3n) is 7.00. The third kappa shape index (κ3) is 5.46. The average Bonchev–Trinajstić information content (AvgIpc) is 3.56. The van der Waals surface area contributed by atoms with Gasteiger partial charge in [-0.25, -0.2) is 18.4 Å². The molecule has 6 rings (SSSR count). The van der Waals surface area contributed by atoms with Crippen LogP contribution in [-0.2, 0) is 15.5 Å². The number of thiazole rings is 2. The molecule has 0 aliphatic rings. The SMILES string of the molecule is Cc1ccc2nc(-c3ccc4nc(-c5ccc(NC(=O)c6ccc(C(C)(C)C)cc6)cc5)sc4c3)sc2c1S(=O)(=O)[O-]. The normalized spacial score (nSPS) is 12.2. The van der Waals surface area contributed by atoms with Crippen LogP contribution >= 0.6 is 22.7 Å². The van der Waals surface area contributed by atoms with E-state index in [-0.39, 0.29) is 16.2 Å². The van der Waals surface area contributed by atoms with Crippen molar-refractivity contribution in [2.75, 3.05) is 5.32 Å². The summed E-state index contributed by atoms with van der Waals surface area (Å²) >= 11 is 2.72. The minimum atomic E-state index is -4.63. The van der Waals surface area contributed by atoms with E-state index in [9.17, 15) is 17.8 Å². The van der Waals surface area contributed by atoms with Crippen molar-refractivity contribution >= 4 is 64.8 Å². The van der Waals surface area contributed by atoms with E-state index in [0.29, 0.717) is 32.0 Å². The van der Waals surface area contributed by atoms with E-state index in [4.69, 9.17) is 4.98 Å². The lowest BCUT2D eigenvalue weighted by Crippen LogP contribution is -2.14. The molecule has 0 spiro atoms. The number of rotatable bonds is 5. The van der Waals surface area contributed by atoms with E-state index in [1.54, 1.807) is 19.1 Å². The standard InChI is InChI=1S/C32H27N3O4S3/c1-18-5-15-25-27(28(18)42(37,38)39)41-31(35-25)21-10-16-24-26(17-21)40-30(34-24)20-8-13-23(14-9-20)33-29(36)19-6-11-22(12-7-19)32(2,3)4/h5-17H,1-4H3,(H,33,36)(H,37,38,39)/p-1. The van der Waals surface area contributed by atoms with Crippen LogP contribution in [0.5, 0.6) is 0 Å². The minimum Gasteiger partial charge on any atom is -0.744 e. The van der Waals surface area contributed by atoms with Gasteiger partial charge in [-0.2, -0.15) is 0 Å². The molecule has 4 aromatic carbocycles. The number of carbonyl (C=O) groups is 1. The molecule has 2 aromatic heterocycles. The van der Waals surface area contributed by atoms with Crippen molar-refractivity contribution in [2.45, 2.75) is 38.0 Å². The van der Waals surface area contributed by atoms with Crippen molar-refractivity contribution < 1.29 is 17.8 Å². The van der Waals surface area contributed by atoms with Crippen LogP contribution in [0.3, 0.4) is 0 Å². The topological polar surface area (TPSA) is 112 Å². The number of hydrogen-bond donors (Lipinski definition) is 1. The Morgan fingerprint density at radius 2 is 1.43 bits per heavy atom. The maximum absolute atomic E-state index is 12.8. The first-order valence-corrected chi connectivity index (χ1v) is 16.2. The van der Waals surface area contributed by atoms with Crippen molar-refractivity contribution in [3.05, 3.63) is 95.6 Å². The van der Waals surface area contributed by atoms with Gasteiger partial charge < -0.3 is 9.87 Å². The van der Waals surface area contributed by atoms with Crippen molar-refractivity contribution in [3.8, 4) is 21.1 Å². The van der Waals surface area contributed by atoms with E-state index < -0.39 is 10.1 Å². The number of nitrogens with zero attached hydrogens (tertiary/aromatic N) is 2. The third-order valence-corrected chi connectivity index (χ3v) is 10.4. The van der Waals surface area contributed by atoms with Crippen LogP contribution in [0.15, 0.2) is 83.8 Å². The predicted molar refractivity (Wildman–Crippen MR) is 169 cm³/mol. The zero-order valence-electron chi connectivity index (χ0n) is 23.3. The quantitative estimate of drug-likeness (QED) is 0.197. The summed E-state index contributed by atoms with van der Waals surface area (Å²) in [4.78, 5) is 21.9. The van der Waals surface area contributed by atoms with Gasteiger partial charge in [0.05, 0.1) is 25.3 Å². The molecule has 0 radical (unpaired) electrons. The molecule has 0 atom stereocenters. The van der Waals surface area contributed by atoms with Crippen LogP contribution in [0.25, 0.3) is 41.6 Å². The lowest BCUT2D eigenvalue weighted by Gasteiger charge is -2.19. The molecule has 2 heterocycles. The largest absolute Gasteiger partial charge is 0.744 e. The molecule has 0 saturated heterocycles. The zero-order valence-corrected chi connectivity index (χ0v) is 25.7. The summed E-state index contributed by atoms with van der Waals surface area (Å²) in [6.45, 7) is 8.03. The van der Waals surface area contributed by atoms with Gasteiger partial charge in [0.1, 0.15) is 20.1 Å². The smallest absolute Gasteiger partial charge is 0.255 e. The monoisotopic (exact) mass is 612 g/mol. The fraction of sp³-hybridized carbons (Fsp3) is 0.156. The van der Waals surface area contributed by atoms with E-state index in [2.05, 4.69) is 31.1 Å². The summed E-state index contributed by atoms with van der Waals surface area (Å²) in [5.74, 6) is -0.166. The van der Waals surface area contributed by atoms with E-state index >= 15 is 0 Å². The summed E-state index contributed by atoms with van der Waals surface area (Å²) in [6.07, 6.45) is 0. The molecule has 6 aromatic rings. The fourth-order valence-corrected chi connectivity index (χ4v) is 7.99. The molecular formula is C32H26N3O4S3-. The number of anilines is 1. The van der Waals surface area contributed by atoms with E-state index in [1.165, 1.54) is 28.2 Å². The Labute approximate surface area is 251 Å². The van der Waals surface area contributed by atoms with Gasteiger partial charge in [0.15, 0.2) is 0 Å². The molecule has 7 nitrogen and oxygen atoms in total. The number of carbonyl (C=O) groups excluding carboxylic acids is 1. The van der Waals surface area contributed by atoms with Gasteiger partial charge in [-0.1, -0.05) is 39.0 Å². The van der Waals surface area contributed by atoms with Gasteiger partial charge in [0.25, 0.3) is 5.91 Å². The van der Waals surface area contributed by atoms with E-state index in [0.717, 1.165) is 26.4 Å².